The van der Waals surface area contributed by atoms with E-state index in [4.69, 9.17) is 4.74 Å². The van der Waals surface area contributed by atoms with Gasteiger partial charge in [-0.2, -0.15) is 0 Å². The molecule has 3 rings (SSSR count). The van der Waals surface area contributed by atoms with E-state index in [0.29, 0.717) is 16.3 Å². The number of carbonyl (C=O) groups excluding carboxylic acids is 2. The van der Waals surface area contributed by atoms with Crippen LogP contribution >= 0.6 is 11.3 Å². The van der Waals surface area contributed by atoms with Crippen LogP contribution in [-0.4, -0.2) is 18.6 Å². The fraction of sp³-hybridized carbons (Fsp3) is 0.182. The van der Waals surface area contributed by atoms with Crippen LogP contribution in [-0.2, 0) is 11.2 Å². The predicted octanol–water partition coefficient (Wildman–Crippen LogP) is 5.80. The lowest BCUT2D eigenvalue weighted by Gasteiger charge is -2.10. The Morgan fingerprint density at radius 3 is 2.32 bits per heavy atom. The predicted molar refractivity (Wildman–Crippen MR) is 114 cm³/mol. The van der Waals surface area contributed by atoms with Crippen LogP contribution in [0.1, 0.15) is 29.8 Å². The monoisotopic (exact) mass is 394 g/mol. The highest BCUT2D eigenvalue weighted by molar-refractivity contribution is 7.15. The largest absolute Gasteiger partial charge is 0.462 e. The molecule has 6 heteroatoms. The molecule has 0 saturated heterocycles. The highest BCUT2D eigenvalue weighted by Gasteiger charge is 2.22. The average Bonchev–Trinajstić information content (AvgIpc) is 3.12. The third-order valence-corrected chi connectivity index (χ3v) is 5.10. The molecule has 2 amide bonds. The number of thiophene rings is 1. The standard InChI is InChI=1S/C22H22N2O3S/c1-3-15-10-12-16(13-11-15)18-14-28-20(19(18)21(25)27-4-2)24-22(26)23-17-8-6-5-7-9-17/h5-14H,3-4H2,1-2H3,(H2,23,24,26). The van der Waals surface area contributed by atoms with E-state index in [1.165, 1.54) is 16.9 Å². The van der Waals surface area contributed by atoms with E-state index >= 15 is 0 Å². The van der Waals surface area contributed by atoms with E-state index in [2.05, 4.69) is 17.6 Å². The second-order valence-electron chi connectivity index (χ2n) is 6.07. The molecular formula is C22H22N2O3S. The highest BCUT2D eigenvalue weighted by Crippen LogP contribution is 2.36. The summed E-state index contributed by atoms with van der Waals surface area (Å²) in [6.45, 7) is 4.12. The van der Waals surface area contributed by atoms with Crippen molar-refractivity contribution in [2.24, 2.45) is 0 Å². The first kappa shape index (κ1) is 19.6. The SMILES string of the molecule is CCOC(=O)c1c(-c2ccc(CC)cc2)csc1NC(=O)Nc1ccccc1. The maximum Gasteiger partial charge on any atom is 0.341 e. The van der Waals surface area contributed by atoms with Gasteiger partial charge in [-0.3, -0.25) is 5.32 Å². The van der Waals surface area contributed by atoms with Gasteiger partial charge in [0.15, 0.2) is 0 Å². The minimum absolute atomic E-state index is 0.262. The number of benzene rings is 2. The molecule has 144 valence electrons. The van der Waals surface area contributed by atoms with Crippen molar-refractivity contribution in [1.82, 2.24) is 0 Å². The summed E-state index contributed by atoms with van der Waals surface area (Å²) in [5, 5.41) is 7.86. The summed E-state index contributed by atoms with van der Waals surface area (Å²) in [6.07, 6.45) is 0.946. The van der Waals surface area contributed by atoms with Gasteiger partial charge in [-0.25, -0.2) is 9.59 Å². The van der Waals surface area contributed by atoms with E-state index in [9.17, 15) is 9.59 Å². The van der Waals surface area contributed by atoms with Crippen molar-refractivity contribution in [2.75, 3.05) is 17.2 Å². The molecule has 0 unspecified atom stereocenters. The minimum Gasteiger partial charge on any atom is -0.462 e. The molecule has 0 spiro atoms. The molecule has 0 bridgehead atoms. The fourth-order valence-corrected chi connectivity index (χ4v) is 3.73. The Bertz CT molecular complexity index is 950. The van der Waals surface area contributed by atoms with Crippen LogP contribution in [0, 0.1) is 0 Å². The second kappa shape index (κ2) is 9.19. The van der Waals surface area contributed by atoms with Crippen LogP contribution in [0.2, 0.25) is 0 Å². The molecule has 3 aromatic rings. The first-order valence-corrected chi connectivity index (χ1v) is 10.0. The minimum atomic E-state index is -0.451. The van der Waals surface area contributed by atoms with Gasteiger partial charge in [0.2, 0.25) is 0 Å². The Labute approximate surface area is 168 Å². The molecule has 0 aliphatic heterocycles. The van der Waals surface area contributed by atoms with Crippen molar-refractivity contribution in [3.05, 3.63) is 71.1 Å². The second-order valence-corrected chi connectivity index (χ2v) is 6.95. The number of hydrogen-bond donors (Lipinski definition) is 2. The summed E-state index contributed by atoms with van der Waals surface area (Å²) in [7, 11) is 0. The molecule has 1 heterocycles. The Morgan fingerprint density at radius 1 is 0.964 bits per heavy atom. The quantitative estimate of drug-likeness (QED) is 0.519. The molecule has 0 atom stereocenters. The van der Waals surface area contributed by atoms with Crippen LogP contribution in [0.4, 0.5) is 15.5 Å². The summed E-state index contributed by atoms with van der Waals surface area (Å²) < 4.78 is 5.23. The van der Waals surface area contributed by atoms with Gasteiger partial charge in [0.05, 0.1) is 6.61 Å². The van der Waals surface area contributed by atoms with Gasteiger partial charge in [0, 0.05) is 16.6 Å². The third kappa shape index (κ3) is 4.58. The number of rotatable bonds is 6. The molecule has 2 N–H and O–H groups in total. The van der Waals surface area contributed by atoms with Crippen molar-refractivity contribution in [2.45, 2.75) is 20.3 Å². The number of nitrogens with one attached hydrogen (secondary N) is 2. The first-order valence-electron chi connectivity index (χ1n) is 9.13. The maximum absolute atomic E-state index is 12.6. The average molecular weight is 394 g/mol. The Morgan fingerprint density at radius 2 is 1.68 bits per heavy atom. The number of hydrogen-bond acceptors (Lipinski definition) is 4. The molecular weight excluding hydrogens is 372 g/mol. The van der Waals surface area contributed by atoms with Crippen molar-refractivity contribution in [1.29, 1.82) is 0 Å². The molecule has 5 nitrogen and oxygen atoms in total. The number of anilines is 2. The normalized spacial score (nSPS) is 10.4. The van der Waals surface area contributed by atoms with Crippen LogP contribution in [0.15, 0.2) is 60.0 Å². The van der Waals surface area contributed by atoms with E-state index in [-0.39, 0.29) is 6.61 Å². The smallest absolute Gasteiger partial charge is 0.341 e. The van der Waals surface area contributed by atoms with Gasteiger partial charge in [-0.15, -0.1) is 11.3 Å². The van der Waals surface area contributed by atoms with Gasteiger partial charge in [0.25, 0.3) is 0 Å². The zero-order valence-electron chi connectivity index (χ0n) is 15.8. The highest BCUT2D eigenvalue weighted by atomic mass is 32.1. The number of urea groups is 1. The Hall–Kier alpha value is -3.12. The van der Waals surface area contributed by atoms with Gasteiger partial charge < -0.3 is 10.1 Å². The molecule has 2 aromatic carbocycles. The molecule has 0 radical (unpaired) electrons. The number of carbonyl (C=O) groups is 2. The zero-order chi connectivity index (χ0) is 19.9. The summed E-state index contributed by atoms with van der Waals surface area (Å²) >= 11 is 1.30. The van der Waals surface area contributed by atoms with E-state index in [1.54, 1.807) is 19.1 Å². The van der Waals surface area contributed by atoms with Crippen LogP contribution in [0.3, 0.4) is 0 Å². The van der Waals surface area contributed by atoms with Crippen molar-refractivity contribution < 1.29 is 14.3 Å². The molecule has 0 aliphatic rings. The summed E-state index contributed by atoms with van der Waals surface area (Å²) in [5.74, 6) is -0.451. The number of ether oxygens (including phenoxy) is 1. The van der Waals surface area contributed by atoms with E-state index < -0.39 is 12.0 Å². The third-order valence-electron chi connectivity index (χ3n) is 4.20. The Balaban J connectivity index is 1.88. The summed E-state index contributed by atoms with van der Waals surface area (Å²) in [6, 6.07) is 16.8. The van der Waals surface area contributed by atoms with E-state index in [1.807, 2.05) is 47.8 Å². The number of para-hydroxylation sites is 1. The van der Waals surface area contributed by atoms with Crippen LogP contribution in [0.5, 0.6) is 0 Å². The topological polar surface area (TPSA) is 67.4 Å². The maximum atomic E-state index is 12.6. The molecule has 0 fully saturated rings. The number of aryl methyl sites for hydroxylation is 1. The van der Waals surface area contributed by atoms with Gasteiger partial charge >= 0.3 is 12.0 Å². The van der Waals surface area contributed by atoms with Crippen LogP contribution < -0.4 is 10.6 Å². The zero-order valence-corrected chi connectivity index (χ0v) is 16.6. The molecule has 1 aromatic heterocycles. The Kier molecular flexibility index (Phi) is 6.45. The number of amides is 2. The van der Waals surface area contributed by atoms with Crippen molar-refractivity contribution in [3.63, 3.8) is 0 Å². The van der Waals surface area contributed by atoms with E-state index in [0.717, 1.165) is 17.5 Å². The lowest BCUT2D eigenvalue weighted by Crippen LogP contribution is -2.20. The first-order chi connectivity index (χ1) is 13.6. The number of esters is 1. The van der Waals surface area contributed by atoms with Crippen LogP contribution in [0.25, 0.3) is 11.1 Å². The van der Waals surface area contributed by atoms with Crippen molar-refractivity contribution >= 4 is 34.0 Å². The van der Waals surface area contributed by atoms with Gasteiger partial charge in [0.1, 0.15) is 10.6 Å². The lowest BCUT2D eigenvalue weighted by molar-refractivity contribution is 0.0529. The lowest BCUT2D eigenvalue weighted by atomic mass is 10.0. The van der Waals surface area contributed by atoms with Crippen molar-refractivity contribution in [3.8, 4) is 11.1 Å². The van der Waals surface area contributed by atoms with Gasteiger partial charge in [-0.05, 0) is 36.6 Å². The molecule has 0 saturated carbocycles. The molecule has 28 heavy (non-hydrogen) atoms. The van der Waals surface area contributed by atoms with Gasteiger partial charge in [-0.1, -0.05) is 49.4 Å². The fourth-order valence-electron chi connectivity index (χ4n) is 2.78. The molecule has 0 aliphatic carbocycles. The summed E-state index contributed by atoms with van der Waals surface area (Å²) in [4.78, 5) is 25.0. The summed E-state index contributed by atoms with van der Waals surface area (Å²) in [5.41, 5.74) is 3.93.